The summed E-state index contributed by atoms with van der Waals surface area (Å²) in [6.45, 7) is 1.98. The van der Waals surface area contributed by atoms with E-state index in [0.717, 1.165) is 23.3 Å². The van der Waals surface area contributed by atoms with E-state index in [4.69, 9.17) is 0 Å². The number of halogens is 1. The van der Waals surface area contributed by atoms with E-state index in [1.54, 1.807) is 4.57 Å². The molecule has 3 heterocycles. The Morgan fingerprint density at radius 2 is 1.93 bits per heavy atom. The van der Waals surface area contributed by atoms with Crippen molar-refractivity contribution in [2.75, 3.05) is 0 Å². The van der Waals surface area contributed by atoms with E-state index in [-0.39, 0.29) is 21.8 Å². The number of nitrogens with one attached hydrogen (secondary N) is 1. The number of pyridine rings is 2. The number of rotatable bonds is 3. The van der Waals surface area contributed by atoms with E-state index < -0.39 is 16.8 Å². The Labute approximate surface area is 162 Å². The van der Waals surface area contributed by atoms with Gasteiger partial charge in [0.25, 0.3) is 5.56 Å². The van der Waals surface area contributed by atoms with Crippen molar-refractivity contribution >= 4 is 33.8 Å². The zero-order chi connectivity index (χ0) is 19.4. The van der Waals surface area contributed by atoms with Crippen LogP contribution in [0.4, 0.5) is 4.39 Å². The minimum Gasteiger partial charge on any atom is -0.312 e. The number of hydrogen-bond donors (Lipinski definition) is 1. The highest BCUT2D eigenvalue weighted by molar-refractivity contribution is 7.99. The van der Waals surface area contributed by atoms with Crippen LogP contribution in [0.25, 0.3) is 22.1 Å². The molecule has 28 heavy (non-hydrogen) atoms. The summed E-state index contributed by atoms with van der Waals surface area (Å²) in [5.74, 6) is -0.586. The highest BCUT2D eigenvalue weighted by Gasteiger charge is 2.29. The maximum atomic E-state index is 14.8. The summed E-state index contributed by atoms with van der Waals surface area (Å²) in [5, 5.41) is 0.236. The van der Waals surface area contributed by atoms with Gasteiger partial charge in [0, 0.05) is 10.9 Å². The first-order valence-electron chi connectivity index (χ1n) is 8.89. The maximum Gasteiger partial charge on any atom is 0.264 e. The number of aromatic nitrogens is 4. The van der Waals surface area contributed by atoms with Gasteiger partial charge in [-0.3, -0.25) is 9.59 Å². The first-order valence-corrected chi connectivity index (χ1v) is 9.71. The van der Waals surface area contributed by atoms with Crippen LogP contribution in [0.3, 0.4) is 0 Å². The molecule has 8 heteroatoms. The Morgan fingerprint density at radius 3 is 2.64 bits per heavy atom. The number of hydrogen-bond acceptors (Lipinski definition) is 5. The van der Waals surface area contributed by atoms with Crippen LogP contribution in [0.15, 0.2) is 56.2 Å². The molecule has 0 atom stereocenters. The van der Waals surface area contributed by atoms with Gasteiger partial charge in [0.05, 0.1) is 11.7 Å². The lowest BCUT2D eigenvalue weighted by Gasteiger charge is -2.13. The topological polar surface area (TPSA) is 80.6 Å². The summed E-state index contributed by atoms with van der Waals surface area (Å²) < 4.78 is 16.6. The number of H-pyrrole nitrogens is 1. The van der Waals surface area contributed by atoms with E-state index >= 15 is 0 Å². The molecule has 1 aliphatic rings. The third kappa shape index (κ3) is 2.72. The summed E-state index contributed by atoms with van der Waals surface area (Å²) >= 11 is 1.20. The van der Waals surface area contributed by atoms with Gasteiger partial charge in [-0.15, -0.1) is 0 Å². The Bertz CT molecular complexity index is 1360. The van der Waals surface area contributed by atoms with Crippen LogP contribution in [-0.4, -0.2) is 19.5 Å². The van der Waals surface area contributed by atoms with Crippen molar-refractivity contribution in [1.29, 1.82) is 0 Å². The van der Waals surface area contributed by atoms with Crippen LogP contribution in [0, 0.1) is 12.7 Å². The second kappa shape index (κ2) is 6.27. The van der Waals surface area contributed by atoms with Crippen LogP contribution in [0.1, 0.15) is 24.4 Å². The van der Waals surface area contributed by atoms with E-state index in [9.17, 15) is 14.0 Å². The Morgan fingerprint density at radius 1 is 1.18 bits per heavy atom. The lowest BCUT2D eigenvalue weighted by atomic mass is 10.2. The number of nitrogens with zero attached hydrogens (tertiary/aromatic N) is 3. The van der Waals surface area contributed by atoms with Gasteiger partial charge < -0.3 is 9.55 Å². The smallest absolute Gasteiger partial charge is 0.264 e. The molecule has 5 rings (SSSR count). The van der Waals surface area contributed by atoms with Crippen LogP contribution < -0.4 is 11.0 Å². The van der Waals surface area contributed by atoms with Gasteiger partial charge in [-0.05, 0) is 38.0 Å². The molecule has 1 saturated carbocycles. The average Bonchev–Trinajstić information content (AvgIpc) is 3.50. The van der Waals surface area contributed by atoms with Crippen molar-refractivity contribution in [3.63, 3.8) is 0 Å². The second-order valence-electron chi connectivity index (χ2n) is 6.92. The standard InChI is InChI=1S/C20H15FN4O2S/c1-10-2-6-12(7-3-10)28-20-14(21)8-13-16(26)15-18(22-9-23-19(15)27)25(11-4-5-11)17(13)24-20/h2-3,6-9,11H,4-5H2,1H3,(H,22,23,27). The molecule has 1 N–H and O–H groups in total. The summed E-state index contributed by atoms with van der Waals surface area (Å²) in [6.07, 6.45) is 3.09. The molecule has 0 aliphatic heterocycles. The minimum absolute atomic E-state index is 0.0537. The first-order chi connectivity index (χ1) is 13.5. The van der Waals surface area contributed by atoms with Crippen molar-refractivity contribution < 1.29 is 4.39 Å². The second-order valence-corrected chi connectivity index (χ2v) is 7.98. The molecule has 3 aromatic heterocycles. The molecule has 0 saturated heterocycles. The molecule has 1 aliphatic carbocycles. The lowest BCUT2D eigenvalue weighted by molar-refractivity contribution is 0.589. The molecule has 6 nitrogen and oxygen atoms in total. The van der Waals surface area contributed by atoms with Gasteiger partial charge >= 0.3 is 0 Å². The number of benzene rings is 1. The van der Waals surface area contributed by atoms with Gasteiger partial charge in [-0.25, -0.2) is 14.4 Å². The zero-order valence-corrected chi connectivity index (χ0v) is 15.7. The quantitative estimate of drug-likeness (QED) is 0.538. The third-order valence-corrected chi connectivity index (χ3v) is 5.82. The molecule has 0 spiro atoms. The van der Waals surface area contributed by atoms with Crippen molar-refractivity contribution in [1.82, 2.24) is 19.5 Å². The van der Waals surface area contributed by atoms with E-state index in [2.05, 4.69) is 15.0 Å². The van der Waals surface area contributed by atoms with E-state index in [0.29, 0.717) is 11.3 Å². The largest absolute Gasteiger partial charge is 0.312 e. The predicted octanol–water partition coefficient (Wildman–Crippen LogP) is 3.57. The highest BCUT2D eigenvalue weighted by Crippen LogP contribution is 2.39. The normalized spacial score (nSPS) is 14.1. The molecule has 0 unspecified atom stereocenters. The number of aryl methyl sites for hydroxylation is 1. The monoisotopic (exact) mass is 394 g/mol. The van der Waals surface area contributed by atoms with Gasteiger partial charge in [0.15, 0.2) is 11.5 Å². The third-order valence-electron chi connectivity index (χ3n) is 4.83. The summed E-state index contributed by atoms with van der Waals surface area (Å²) in [7, 11) is 0. The lowest BCUT2D eigenvalue weighted by Crippen LogP contribution is -2.22. The number of aromatic amines is 1. The van der Waals surface area contributed by atoms with E-state index in [1.165, 1.54) is 24.2 Å². The van der Waals surface area contributed by atoms with Gasteiger partial charge in [-0.2, -0.15) is 0 Å². The van der Waals surface area contributed by atoms with Crippen molar-refractivity contribution in [2.24, 2.45) is 0 Å². The highest BCUT2D eigenvalue weighted by atomic mass is 32.2. The summed E-state index contributed by atoms with van der Waals surface area (Å²) in [6, 6.07) is 9.00. The number of fused-ring (bicyclic) bond motifs is 2. The summed E-state index contributed by atoms with van der Waals surface area (Å²) in [5.41, 5.74) is 0.712. The molecule has 140 valence electrons. The van der Waals surface area contributed by atoms with E-state index in [1.807, 2.05) is 31.2 Å². The molecular formula is C20H15FN4O2S. The van der Waals surface area contributed by atoms with Gasteiger partial charge in [0.1, 0.15) is 16.1 Å². The van der Waals surface area contributed by atoms with Crippen LogP contribution in [0.5, 0.6) is 0 Å². The van der Waals surface area contributed by atoms with Crippen molar-refractivity contribution in [3.8, 4) is 0 Å². The van der Waals surface area contributed by atoms with Crippen LogP contribution >= 0.6 is 11.8 Å². The Balaban J connectivity index is 1.80. The van der Waals surface area contributed by atoms with Crippen molar-refractivity contribution in [2.45, 2.75) is 35.7 Å². The summed E-state index contributed by atoms with van der Waals surface area (Å²) in [4.78, 5) is 37.1. The molecular weight excluding hydrogens is 379 g/mol. The Hall–Kier alpha value is -3.00. The minimum atomic E-state index is -0.586. The van der Waals surface area contributed by atoms with Gasteiger partial charge in [0.2, 0.25) is 5.43 Å². The Kier molecular flexibility index (Phi) is 3.83. The average molecular weight is 394 g/mol. The molecule has 0 amide bonds. The fourth-order valence-corrected chi connectivity index (χ4v) is 4.08. The maximum absolute atomic E-state index is 14.8. The molecule has 0 bridgehead atoms. The predicted molar refractivity (Wildman–Crippen MR) is 105 cm³/mol. The molecule has 1 fully saturated rings. The first kappa shape index (κ1) is 17.1. The van der Waals surface area contributed by atoms with Crippen molar-refractivity contribution in [3.05, 3.63) is 68.6 Å². The fraction of sp³-hybridized carbons (Fsp3) is 0.200. The SMILES string of the molecule is Cc1ccc(Sc2nc3c(cc2F)c(=O)c2c(=O)[nH]cnc2n3C2CC2)cc1. The van der Waals surface area contributed by atoms with Crippen LogP contribution in [0.2, 0.25) is 0 Å². The van der Waals surface area contributed by atoms with Crippen LogP contribution in [-0.2, 0) is 0 Å². The van der Waals surface area contributed by atoms with Gasteiger partial charge in [-0.1, -0.05) is 29.5 Å². The molecule has 1 aromatic carbocycles. The molecule has 4 aromatic rings. The molecule has 0 radical (unpaired) electrons. The zero-order valence-electron chi connectivity index (χ0n) is 14.9. The fourth-order valence-electron chi connectivity index (χ4n) is 3.29.